The van der Waals surface area contributed by atoms with Gasteiger partial charge >= 0.3 is 0 Å². The molecule has 0 aliphatic heterocycles. The van der Waals surface area contributed by atoms with Crippen LogP contribution in [-0.2, 0) is 0 Å². The number of hydrogen-bond donors (Lipinski definition) is 2. The minimum absolute atomic E-state index is 0.0508. The zero-order chi connectivity index (χ0) is 9.84. The Hall–Kier alpha value is -1.78. The molecule has 0 fully saturated rings. The summed E-state index contributed by atoms with van der Waals surface area (Å²) in [4.78, 5) is 0. The molecule has 0 saturated carbocycles. The van der Waals surface area contributed by atoms with Gasteiger partial charge in [-0.15, -0.1) is 0 Å². The van der Waals surface area contributed by atoms with Crippen LogP contribution < -0.4 is 10.6 Å². The number of aromatic hydroxyl groups is 1. The number of benzene rings is 1. The third kappa shape index (κ3) is 1.87. The summed E-state index contributed by atoms with van der Waals surface area (Å²) < 4.78 is 17.5. The lowest BCUT2D eigenvalue weighted by atomic mass is 10.2. The smallest absolute Gasteiger partial charge is 0.166 e. The van der Waals surface area contributed by atoms with Crippen LogP contribution in [0.25, 0.3) is 0 Å². The first kappa shape index (κ1) is 9.31. The molecule has 1 rings (SSSR count). The quantitative estimate of drug-likeness (QED) is 0.406. The molecule has 3 N–H and O–H groups in total. The number of hydrogen-bond acceptors (Lipinski definition) is 4. The van der Waals surface area contributed by atoms with E-state index in [1.54, 1.807) is 0 Å². The fourth-order valence-corrected chi connectivity index (χ4v) is 0.929. The SMILES string of the molecule is COc1cc(F)cc(C=NN)c1O. The highest BCUT2D eigenvalue weighted by Gasteiger charge is 2.08. The molecule has 0 aromatic heterocycles. The van der Waals surface area contributed by atoms with Crippen molar-refractivity contribution in [1.82, 2.24) is 0 Å². The van der Waals surface area contributed by atoms with Gasteiger partial charge in [0.05, 0.1) is 13.3 Å². The molecule has 0 unspecified atom stereocenters. The van der Waals surface area contributed by atoms with Crippen LogP contribution in [-0.4, -0.2) is 18.4 Å². The molecule has 1 aromatic rings. The van der Waals surface area contributed by atoms with Crippen LogP contribution in [0, 0.1) is 5.82 Å². The first-order valence-electron chi connectivity index (χ1n) is 3.48. The van der Waals surface area contributed by atoms with Gasteiger partial charge in [0.15, 0.2) is 11.5 Å². The van der Waals surface area contributed by atoms with Crippen LogP contribution in [0.2, 0.25) is 0 Å². The van der Waals surface area contributed by atoms with E-state index in [0.29, 0.717) is 0 Å². The summed E-state index contributed by atoms with van der Waals surface area (Å²) in [6.07, 6.45) is 1.14. The van der Waals surface area contributed by atoms with E-state index in [1.165, 1.54) is 7.11 Å². The van der Waals surface area contributed by atoms with E-state index in [4.69, 9.17) is 10.6 Å². The van der Waals surface area contributed by atoms with Crippen LogP contribution in [0.4, 0.5) is 4.39 Å². The standard InChI is InChI=1S/C8H9FN2O2/c1-13-7-3-6(9)2-5(4-11-10)8(7)12/h2-4,12H,10H2,1H3. The van der Waals surface area contributed by atoms with Gasteiger partial charge in [0.1, 0.15) is 5.82 Å². The minimum Gasteiger partial charge on any atom is -0.504 e. The number of rotatable bonds is 2. The van der Waals surface area contributed by atoms with Crippen molar-refractivity contribution < 1.29 is 14.2 Å². The van der Waals surface area contributed by atoms with Gasteiger partial charge in [-0.25, -0.2) is 4.39 Å². The molecular formula is C8H9FN2O2. The average Bonchev–Trinajstić information content (AvgIpc) is 2.11. The molecule has 0 spiro atoms. The number of hydrazone groups is 1. The highest BCUT2D eigenvalue weighted by Crippen LogP contribution is 2.29. The van der Waals surface area contributed by atoms with Crippen molar-refractivity contribution in [3.63, 3.8) is 0 Å². The normalized spacial score (nSPS) is 10.6. The number of ether oxygens (including phenoxy) is 1. The molecule has 4 nitrogen and oxygen atoms in total. The molecule has 0 aliphatic rings. The van der Waals surface area contributed by atoms with Crippen LogP contribution in [0.15, 0.2) is 17.2 Å². The molecule has 70 valence electrons. The Morgan fingerprint density at radius 1 is 1.62 bits per heavy atom. The number of nitrogens with zero attached hydrogens (tertiary/aromatic N) is 1. The van der Waals surface area contributed by atoms with Crippen molar-refractivity contribution in [2.75, 3.05) is 7.11 Å². The summed E-state index contributed by atoms with van der Waals surface area (Å²) in [5.74, 6) is 4.21. The first-order chi connectivity index (χ1) is 6.19. The average molecular weight is 184 g/mol. The van der Waals surface area contributed by atoms with Gasteiger partial charge in [-0.1, -0.05) is 0 Å². The number of nitrogens with two attached hydrogens (primary N) is 1. The summed E-state index contributed by atoms with van der Waals surface area (Å²) in [6.45, 7) is 0. The lowest BCUT2D eigenvalue weighted by Crippen LogP contribution is -1.92. The van der Waals surface area contributed by atoms with Crippen LogP contribution in [0.1, 0.15) is 5.56 Å². The fraction of sp³-hybridized carbons (Fsp3) is 0.125. The molecule has 0 bridgehead atoms. The van der Waals surface area contributed by atoms with Gasteiger partial charge < -0.3 is 15.7 Å². The molecule has 0 amide bonds. The lowest BCUT2D eigenvalue weighted by molar-refractivity contribution is 0.370. The molecule has 1 aromatic carbocycles. The second-order valence-electron chi connectivity index (χ2n) is 2.32. The molecule has 5 heteroatoms. The highest BCUT2D eigenvalue weighted by molar-refractivity contribution is 5.84. The topological polar surface area (TPSA) is 67.8 Å². The van der Waals surface area contributed by atoms with Crippen molar-refractivity contribution in [2.24, 2.45) is 10.9 Å². The summed E-state index contributed by atoms with van der Waals surface area (Å²) in [6, 6.07) is 2.18. The van der Waals surface area contributed by atoms with Gasteiger partial charge in [-0.2, -0.15) is 5.10 Å². The molecule has 0 aliphatic carbocycles. The number of phenolic OH excluding ortho intramolecular Hbond substituents is 1. The highest BCUT2D eigenvalue weighted by atomic mass is 19.1. The molecule has 0 radical (unpaired) electrons. The van der Waals surface area contributed by atoms with Gasteiger partial charge in [0, 0.05) is 11.6 Å². The minimum atomic E-state index is -0.524. The van der Waals surface area contributed by atoms with Gasteiger partial charge in [0.2, 0.25) is 0 Å². The second kappa shape index (κ2) is 3.75. The zero-order valence-corrected chi connectivity index (χ0v) is 6.99. The van der Waals surface area contributed by atoms with E-state index in [9.17, 15) is 9.50 Å². The van der Waals surface area contributed by atoms with Crippen molar-refractivity contribution in [2.45, 2.75) is 0 Å². The Kier molecular flexibility index (Phi) is 2.69. The maximum Gasteiger partial charge on any atom is 0.166 e. The molecule has 13 heavy (non-hydrogen) atoms. The number of halogens is 1. The van der Waals surface area contributed by atoms with Crippen molar-refractivity contribution in [3.8, 4) is 11.5 Å². The van der Waals surface area contributed by atoms with Gasteiger partial charge in [-0.3, -0.25) is 0 Å². The van der Waals surface area contributed by atoms with Crippen molar-refractivity contribution >= 4 is 6.21 Å². The Morgan fingerprint density at radius 3 is 2.85 bits per heavy atom. The summed E-state index contributed by atoms with van der Waals surface area (Å²) in [5.41, 5.74) is 0.180. The number of phenols is 1. The van der Waals surface area contributed by atoms with Crippen molar-refractivity contribution in [3.05, 3.63) is 23.5 Å². The second-order valence-corrected chi connectivity index (χ2v) is 2.32. The Balaban J connectivity index is 3.26. The van der Waals surface area contributed by atoms with Gasteiger partial charge in [-0.05, 0) is 6.07 Å². The third-order valence-corrected chi connectivity index (χ3v) is 1.50. The molecule has 0 saturated heterocycles. The van der Waals surface area contributed by atoms with Crippen molar-refractivity contribution in [1.29, 1.82) is 0 Å². The third-order valence-electron chi connectivity index (χ3n) is 1.50. The fourth-order valence-electron chi connectivity index (χ4n) is 0.929. The number of methoxy groups -OCH3 is 1. The summed E-state index contributed by atoms with van der Waals surface area (Å²) in [7, 11) is 1.33. The largest absolute Gasteiger partial charge is 0.504 e. The van der Waals surface area contributed by atoms with E-state index in [2.05, 4.69) is 5.10 Å². The molecule has 0 heterocycles. The van der Waals surface area contributed by atoms with Crippen LogP contribution in [0.5, 0.6) is 11.5 Å². The van der Waals surface area contributed by atoms with Gasteiger partial charge in [0.25, 0.3) is 0 Å². The Labute approximate surface area is 74.4 Å². The summed E-state index contributed by atoms with van der Waals surface area (Å²) in [5, 5.41) is 12.6. The Bertz CT molecular complexity index is 339. The predicted molar refractivity (Wildman–Crippen MR) is 46.4 cm³/mol. The summed E-state index contributed by atoms with van der Waals surface area (Å²) >= 11 is 0. The Morgan fingerprint density at radius 2 is 2.31 bits per heavy atom. The van der Waals surface area contributed by atoms with E-state index < -0.39 is 5.82 Å². The predicted octanol–water partition coefficient (Wildman–Crippen LogP) is 0.833. The maximum absolute atomic E-state index is 12.8. The van der Waals surface area contributed by atoms with E-state index in [1.807, 2.05) is 0 Å². The monoisotopic (exact) mass is 184 g/mol. The van der Waals surface area contributed by atoms with E-state index in [-0.39, 0.29) is 17.1 Å². The first-order valence-corrected chi connectivity index (χ1v) is 3.48. The molecule has 0 atom stereocenters. The van der Waals surface area contributed by atoms with Crippen LogP contribution >= 0.6 is 0 Å². The van der Waals surface area contributed by atoms with Crippen LogP contribution in [0.3, 0.4) is 0 Å². The maximum atomic E-state index is 12.8. The van der Waals surface area contributed by atoms with E-state index >= 15 is 0 Å². The lowest BCUT2D eigenvalue weighted by Gasteiger charge is -2.05. The van der Waals surface area contributed by atoms with E-state index in [0.717, 1.165) is 18.3 Å². The zero-order valence-electron chi connectivity index (χ0n) is 6.99. The molecular weight excluding hydrogens is 175 g/mol.